The molecule has 2 atom stereocenters. The molecule has 25 heavy (non-hydrogen) atoms. The molecule has 0 bridgehead atoms. The van der Waals surface area contributed by atoms with Gasteiger partial charge in [-0.2, -0.15) is 0 Å². The summed E-state index contributed by atoms with van der Waals surface area (Å²) >= 11 is 0. The van der Waals surface area contributed by atoms with E-state index in [2.05, 4.69) is 9.72 Å². The van der Waals surface area contributed by atoms with Crippen molar-refractivity contribution in [3.8, 4) is 0 Å². The number of pyridine rings is 1. The number of esters is 1. The molecule has 1 aliphatic heterocycles. The van der Waals surface area contributed by atoms with Gasteiger partial charge in [-0.25, -0.2) is 9.78 Å². The predicted molar refractivity (Wildman–Crippen MR) is 90.3 cm³/mol. The van der Waals surface area contributed by atoms with Crippen LogP contribution < -0.4 is 10.6 Å². The summed E-state index contributed by atoms with van der Waals surface area (Å²) in [7, 11) is 3.98. The van der Waals surface area contributed by atoms with Gasteiger partial charge < -0.3 is 35.8 Å². The number of cyclic esters (lactones) is 1. The van der Waals surface area contributed by atoms with Crippen LogP contribution >= 0.6 is 0 Å². The Labute approximate surface area is 145 Å². The van der Waals surface area contributed by atoms with Gasteiger partial charge in [0.2, 0.25) is 5.76 Å². The minimum Gasteiger partial charge on any atom is -0.505 e. The number of hydrogen-bond donors (Lipinski definition) is 5. The molecule has 1 aromatic heterocycles. The summed E-state index contributed by atoms with van der Waals surface area (Å²) in [5, 5.41) is 35.0. The van der Waals surface area contributed by atoms with Gasteiger partial charge >= 0.3 is 5.97 Å². The monoisotopic (exact) mass is 353 g/mol. The van der Waals surface area contributed by atoms with Crippen LogP contribution in [-0.2, 0) is 22.4 Å². The van der Waals surface area contributed by atoms with Crippen LogP contribution in [0.1, 0.15) is 17.7 Å². The Kier molecular flexibility index (Phi) is 5.70. The number of anilines is 2. The molecule has 2 heterocycles. The van der Waals surface area contributed by atoms with Crippen molar-refractivity contribution in [3.63, 3.8) is 0 Å². The van der Waals surface area contributed by atoms with Gasteiger partial charge in [-0.15, -0.1) is 0 Å². The zero-order valence-corrected chi connectivity index (χ0v) is 14.1. The number of nitrogens with two attached hydrogens (primary N) is 1. The summed E-state index contributed by atoms with van der Waals surface area (Å²) in [4.78, 5) is 17.1. The lowest BCUT2D eigenvalue weighted by molar-refractivity contribution is -0.147. The first-order valence-electron chi connectivity index (χ1n) is 7.83. The van der Waals surface area contributed by atoms with Gasteiger partial charge in [-0.1, -0.05) is 0 Å². The van der Waals surface area contributed by atoms with Gasteiger partial charge in [-0.05, 0) is 24.8 Å². The lowest BCUT2D eigenvalue weighted by atomic mass is 10.2. The second-order valence-corrected chi connectivity index (χ2v) is 6.05. The summed E-state index contributed by atoms with van der Waals surface area (Å²) in [6.07, 6.45) is 0.605. The van der Waals surface area contributed by atoms with E-state index in [1.807, 2.05) is 25.1 Å². The largest absolute Gasteiger partial charge is 0.505 e. The molecule has 6 N–H and O–H groups in total. The lowest BCUT2D eigenvalue weighted by Crippen LogP contribution is -2.31. The van der Waals surface area contributed by atoms with E-state index in [9.17, 15) is 4.79 Å². The number of nitrogen functional groups attached to an aromatic ring is 1. The Hall–Kier alpha value is -2.52. The first kappa shape index (κ1) is 18.8. The Morgan fingerprint density at radius 1 is 1.40 bits per heavy atom. The number of carbonyl (C=O) groups excluding carboxylic acids is 1. The number of fused-ring (bicyclic) bond motifs is 1. The zero-order valence-electron chi connectivity index (χ0n) is 14.1. The van der Waals surface area contributed by atoms with Crippen molar-refractivity contribution in [2.75, 3.05) is 31.3 Å². The molecule has 3 rings (SSSR count). The summed E-state index contributed by atoms with van der Waals surface area (Å²) in [5.41, 5.74) is 9.32. The second kappa shape index (κ2) is 7.58. The van der Waals surface area contributed by atoms with Crippen LogP contribution in [0.4, 0.5) is 11.5 Å². The van der Waals surface area contributed by atoms with Crippen LogP contribution in [0.2, 0.25) is 0 Å². The molecule has 9 nitrogen and oxygen atoms in total. The topological polar surface area (TPSA) is 149 Å². The van der Waals surface area contributed by atoms with Crippen molar-refractivity contribution in [2.24, 2.45) is 0 Å². The molecule has 1 aromatic rings. The molecule has 1 aliphatic carbocycles. The number of ether oxygens (including phenoxy) is 1. The zero-order chi connectivity index (χ0) is 18.7. The van der Waals surface area contributed by atoms with E-state index >= 15 is 0 Å². The van der Waals surface area contributed by atoms with E-state index in [0.717, 1.165) is 24.3 Å². The minimum atomic E-state index is -1.42. The van der Waals surface area contributed by atoms with E-state index < -0.39 is 36.3 Å². The van der Waals surface area contributed by atoms with Crippen molar-refractivity contribution < 1.29 is 30.0 Å². The highest BCUT2D eigenvalue weighted by molar-refractivity contribution is 5.89. The lowest BCUT2D eigenvalue weighted by Gasteiger charge is -2.14. The van der Waals surface area contributed by atoms with Crippen molar-refractivity contribution in [3.05, 3.63) is 28.8 Å². The van der Waals surface area contributed by atoms with Crippen LogP contribution in [-0.4, -0.2) is 64.3 Å². The van der Waals surface area contributed by atoms with Gasteiger partial charge in [-0.3, -0.25) is 0 Å². The fraction of sp³-hybridized carbons (Fsp3) is 0.500. The summed E-state index contributed by atoms with van der Waals surface area (Å²) < 4.78 is 4.32. The number of aromatic nitrogens is 1. The van der Waals surface area contributed by atoms with E-state index in [0.29, 0.717) is 0 Å². The van der Waals surface area contributed by atoms with Gasteiger partial charge in [0.05, 0.1) is 6.61 Å². The molecule has 2 unspecified atom stereocenters. The standard InChI is InChI=1S/C10H15N3.C6H8O6/c1-13(2)10-6-8(11)7-4-3-5-9(7)12-10;7-1-2(8)5-3(9)4(10)6(11)12-5/h6H,3-5H2,1-2H3,(H2,11,12);2,5,7-10H,1H2. The number of aliphatic hydroxyl groups excluding tert-OH is 4. The number of carbonyl (C=O) groups is 1. The van der Waals surface area contributed by atoms with Crippen LogP contribution in [0.3, 0.4) is 0 Å². The molecule has 0 aromatic carbocycles. The fourth-order valence-corrected chi connectivity index (χ4v) is 2.61. The molecule has 0 amide bonds. The molecule has 0 radical (unpaired) electrons. The molecule has 138 valence electrons. The van der Waals surface area contributed by atoms with Gasteiger partial charge in [0, 0.05) is 31.5 Å². The first-order valence-corrected chi connectivity index (χ1v) is 7.83. The molecule has 2 aliphatic rings. The summed E-state index contributed by atoms with van der Waals surface area (Å²) in [5.74, 6) is -1.81. The minimum absolute atomic E-state index is 0.671. The Morgan fingerprint density at radius 3 is 2.60 bits per heavy atom. The summed E-state index contributed by atoms with van der Waals surface area (Å²) in [6.45, 7) is -0.671. The van der Waals surface area contributed by atoms with E-state index in [1.165, 1.54) is 17.7 Å². The maximum atomic E-state index is 10.5. The highest BCUT2D eigenvalue weighted by Crippen LogP contribution is 2.28. The third kappa shape index (κ3) is 3.94. The SMILES string of the molecule is CN(C)c1cc(N)c2c(n1)CCC2.O=C1OC(C(O)CO)C(O)=C1O. The number of nitrogens with zero attached hydrogens (tertiary/aromatic N) is 2. The van der Waals surface area contributed by atoms with Crippen molar-refractivity contribution in [2.45, 2.75) is 31.5 Å². The Balaban J connectivity index is 0.000000181. The Morgan fingerprint density at radius 2 is 2.08 bits per heavy atom. The maximum absolute atomic E-state index is 10.5. The van der Waals surface area contributed by atoms with E-state index in [4.69, 9.17) is 26.2 Å². The van der Waals surface area contributed by atoms with Crippen LogP contribution in [0.25, 0.3) is 0 Å². The average molecular weight is 353 g/mol. The average Bonchev–Trinajstić information content (AvgIpc) is 3.15. The van der Waals surface area contributed by atoms with E-state index in [-0.39, 0.29) is 0 Å². The van der Waals surface area contributed by atoms with Crippen molar-refractivity contribution >= 4 is 17.5 Å². The number of aliphatic hydroxyl groups is 4. The summed E-state index contributed by atoms with van der Waals surface area (Å²) in [6, 6.07) is 1.96. The Bertz CT molecular complexity index is 689. The maximum Gasteiger partial charge on any atom is 0.377 e. The van der Waals surface area contributed by atoms with Gasteiger partial charge in [0.15, 0.2) is 11.9 Å². The molecule has 0 fully saturated rings. The molecule has 9 heteroatoms. The van der Waals surface area contributed by atoms with Crippen molar-refractivity contribution in [1.82, 2.24) is 4.98 Å². The van der Waals surface area contributed by atoms with Gasteiger partial charge in [0.1, 0.15) is 11.9 Å². The third-order valence-electron chi connectivity index (χ3n) is 4.01. The van der Waals surface area contributed by atoms with E-state index in [1.54, 1.807) is 0 Å². The molecule has 0 spiro atoms. The van der Waals surface area contributed by atoms with Crippen molar-refractivity contribution in [1.29, 1.82) is 0 Å². The highest BCUT2D eigenvalue weighted by atomic mass is 16.6. The number of hydrogen-bond acceptors (Lipinski definition) is 9. The molecule has 0 saturated carbocycles. The third-order valence-corrected chi connectivity index (χ3v) is 4.01. The van der Waals surface area contributed by atoms with Crippen LogP contribution in [0.5, 0.6) is 0 Å². The quantitative estimate of drug-likeness (QED) is 0.466. The molecular formula is C16H23N3O6. The predicted octanol–water partition coefficient (Wildman–Crippen LogP) is -0.189. The van der Waals surface area contributed by atoms with Gasteiger partial charge in [0.25, 0.3) is 0 Å². The van der Waals surface area contributed by atoms with Crippen LogP contribution in [0.15, 0.2) is 17.6 Å². The number of aryl methyl sites for hydroxylation is 1. The molecule has 0 saturated heterocycles. The fourth-order valence-electron chi connectivity index (χ4n) is 2.61. The smallest absolute Gasteiger partial charge is 0.377 e. The highest BCUT2D eigenvalue weighted by Gasteiger charge is 2.38. The van der Waals surface area contributed by atoms with Crippen LogP contribution in [0, 0.1) is 0 Å². The normalized spacial score (nSPS) is 19.8. The molecular weight excluding hydrogens is 330 g/mol. The number of rotatable bonds is 3. The second-order valence-electron chi connectivity index (χ2n) is 6.05. The first-order chi connectivity index (χ1) is 11.8.